The Morgan fingerprint density at radius 2 is 2.00 bits per heavy atom. The highest BCUT2D eigenvalue weighted by molar-refractivity contribution is 5.46. The molecule has 0 N–H and O–H groups in total. The number of nitro groups is 1. The van der Waals surface area contributed by atoms with E-state index in [0.717, 1.165) is 12.1 Å². The summed E-state index contributed by atoms with van der Waals surface area (Å²) in [5, 5.41) is 19.3. The summed E-state index contributed by atoms with van der Waals surface area (Å²) in [5.74, 6) is -0.638. The summed E-state index contributed by atoms with van der Waals surface area (Å²) in [6, 6.07) is 11.6. The third kappa shape index (κ3) is 2.66. The van der Waals surface area contributed by atoms with Crippen LogP contribution in [0.15, 0.2) is 42.5 Å². The van der Waals surface area contributed by atoms with Crippen LogP contribution in [0.3, 0.4) is 0 Å². The van der Waals surface area contributed by atoms with E-state index in [1.165, 1.54) is 6.07 Å². The minimum absolute atomic E-state index is 0.0887. The first-order chi connectivity index (χ1) is 9.11. The second kappa shape index (κ2) is 5.14. The van der Waals surface area contributed by atoms with Gasteiger partial charge < -0.3 is 4.74 Å². The monoisotopic (exact) mass is 258 g/mol. The predicted octanol–water partition coefficient (Wildman–Crippen LogP) is 3.40. The Labute approximate surface area is 107 Å². The van der Waals surface area contributed by atoms with Crippen LogP contribution < -0.4 is 4.74 Å². The Hall–Kier alpha value is -2.94. The number of rotatable bonds is 3. The molecule has 0 fully saturated rings. The van der Waals surface area contributed by atoms with Gasteiger partial charge in [0.15, 0.2) is 0 Å². The fourth-order valence-corrected chi connectivity index (χ4v) is 1.47. The minimum atomic E-state index is -0.989. The van der Waals surface area contributed by atoms with Crippen LogP contribution in [0.1, 0.15) is 5.56 Å². The third-order valence-electron chi connectivity index (χ3n) is 2.35. The third-order valence-corrected chi connectivity index (χ3v) is 2.35. The summed E-state index contributed by atoms with van der Waals surface area (Å²) < 4.78 is 18.7. The lowest BCUT2D eigenvalue weighted by Crippen LogP contribution is -1.94. The Kier molecular flexibility index (Phi) is 3.39. The average Bonchev–Trinajstić information content (AvgIpc) is 2.39. The summed E-state index contributed by atoms with van der Waals surface area (Å²) >= 11 is 0. The zero-order valence-electron chi connectivity index (χ0n) is 9.54. The number of halogens is 1. The molecule has 0 aliphatic heterocycles. The first-order valence-corrected chi connectivity index (χ1v) is 5.22. The molecule has 2 rings (SSSR count). The SMILES string of the molecule is N#Cc1ccccc1Oc1ccc([N+](=O)[O-])c(F)c1. The van der Waals surface area contributed by atoms with Gasteiger partial charge in [-0.15, -0.1) is 0 Å². The lowest BCUT2D eigenvalue weighted by atomic mass is 10.2. The number of hydrogen-bond acceptors (Lipinski definition) is 4. The van der Waals surface area contributed by atoms with E-state index < -0.39 is 16.4 Å². The molecule has 5 nitrogen and oxygen atoms in total. The van der Waals surface area contributed by atoms with Crippen LogP contribution in [0.5, 0.6) is 11.5 Å². The number of nitro benzene ring substituents is 1. The smallest absolute Gasteiger partial charge is 0.305 e. The first kappa shape index (κ1) is 12.5. The van der Waals surface area contributed by atoms with Crippen LogP contribution in [0, 0.1) is 27.3 Å². The molecule has 0 atom stereocenters. The van der Waals surface area contributed by atoms with Crippen molar-refractivity contribution >= 4 is 5.69 Å². The predicted molar refractivity (Wildman–Crippen MR) is 64.3 cm³/mol. The molecule has 0 heterocycles. The van der Waals surface area contributed by atoms with Gasteiger partial charge in [0.25, 0.3) is 0 Å². The van der Waals surface area contributed by atoms with E-state index in [4.69, 9.17) is 10.00 Å². The number of para-hydroxylation sites is 1. The highest BCUT2D eigenvalue weighted by Gasteiger charge is 2.15. The lowest BCUT2D eigenvalue weighted by Gasteiger charge is -2.06. The molecule has 2 aromatic rings. The molecular weight excluding hydrogens is 251 g/mol. The molecule has 0 saturated heterocycles. The van der Waals surface area contributed by atoms with Crippen molar-refractivity contribution in [1.29, 1.82) is 5.26 Å². The lowest BCUT2D eigenvalue weighted by molar-refractivity contribution is -0.387. The van der Waals surface area contributed by atoms with Crippen molar-refractivity contribution in [3.05, 3.63) is 64.0 Å². The molecule has 0 spiro atoms. The standard InChI is InChI=1S/C13H7FN2O3/c14-11-7-10(5-6-12(11)16(17)18)19-13-4-2-1-3-9(13)8-15/h1-7H. The number of ether oxygens (including phenoxy) is 1. The van der Waals surface area contributed by atoms with E-state index in [1.54, 1.807) is 24.3 Å². The van der Waals surface area contributed by atoms with Crippen molar-refractivity contribution < 1.29 is 14.1 Å². The number of nitrogens with zero attached hydrogens (tertiary/aromatic N) is 2. The van der Waals surface area contributed by atoms with Gasteiger partial charge in [0, 0.05) is 12.1 Å². The van der Waals surface area contributed by atoms with Crippen molar-refractivity contribution in [2.24, 2.45) is 0 Å². The summed E-state index contributed by atoms with van der Waals surface area (Å²) in [5.41, 5.74) is -0.331. The highest BCUT2D eigenvalue weighted by atomic mass is 19.1. The molecule has 0 radical (unpaired) electrons. The van der Waals surface area contributed by atoms with E-state index in [0.29, 0.717) is 5.56 Å². The van der Waals surface area contributed by atoms with Crippen molar-refractivity contribution in [2.75, 3.05) is 0 Å². The van der Waals surface area contributed by atoms with E-state index in [9.17, 15) is 14.5 Å². The van der Waals surface area contributed by atoms with Gasteiger partial charge in [0.2, 0.25) is 5.82 Å². The fourth-order valence-electron chi connectivity index (χ4n) is 1.47. The van der Waals surface area contributed by atoms with Gasteiger partial charge >= 0.3 is 5.69 Å². The first-order valence-electron chi connectivity index (χ1n) is 5.22. The van der Waals surface area contributed by atoms with Crippen molar-refractivity contribution in [1.82, 2.24) is 0 Å². The Morgan fingerprint density at radius 3 is 2.63 bits per heavy atom. The van der Waals surface area contributed by atoms with E-state index in [-0.39, 0.29) is 11.5 Å². The maximum atomic E-state index is 13.4. The highest BCUT2D eigenvalue weighted by Crippen LogP contribution is 2.28. The molecule has 0 saturated carbocycles. The second-order valence-electron chi connectivity index (χ2n) is 3.58. The van der Waals surface area contributed by atoms with Gasteiger partial charge in [0.1, 0.15) is 17.6 Å². The summed E-state index contributed by atoms with van der Waals surface area (Å²) in [4.78, 5) is 9.66. The number of benzene rings is 2. The van der Waals surface area contributed by atoms with Crippen LogP contribution in [0.4, 0.5) is 10.1 Å². The van der Waals surface area contributed by atoms with Crippen molar-refractivity contribution in [2.45, 2.75) is 0 Å². The summed E-state index contributed by atoms with van der Waals surface area (Å²) in [6.45, 7) is 0. The van der Waals surface area contributed by atoms with E-state index >= 15 is 0 Å². The van der Waals surface area contributed by atoms with Gasteiger partial charge in [-0.1, -0.05) is 12.1 Å². The van der Waals surface area contributed by atoms with Crippen molar-refractivity contribution in [3.63, 3.8) is 0 Å². The van der Waals surface area contributed by atoms with Gasteiger partial charge in [-0.25, -0.2) is 0 Å². The zero-order chi connectivity index (χ0) is 13.8. The molecule has 6 heteroatoms. The van der Waals surface area contributed by atoms with Gasteiger partial charge in [0.05, 0.1) is 10.5 Å². The Bertz CT molecular complexity index is 680. The van der Waals surface area contributed by atoms with Crippen molar-refractivity contribution in [3.8, 4) is 17.6 Å². The van der Waals surface area contributed by atoms with Gasteiger partial charge in [-0.2, -0.15) is 9.65 Å². The van der Waals surface area contributed by atoms with Crippen LogP contribution in [0.2, 0.25) is 0 Å². The topological polar surface area (TPSA) is 76.2 Å². The molecule has 0 bridgehead atoms. The Morgan fingerprint density at radius 1 is 1.26 bits per heavy atom. The quantitative estimate of drug-likeness (QED) is 0.624. The molecule has 0 amide bonds. The zero-order valence-corrected chi connectivity index (χ0v) is 9.54. The molecule has 0 unspecified atom stereocenters. The van der Waals surface area contributed by atoms with E-state index in [1.807, 2.05) is 6.07 Å². The molecule has 2 aromatic carbocycles. The average molecular weight is 258 g/mol. The largest absolute Gasteiger partial charge is 0.456 e. The fraction of sp³-hybridized carbons (Fsp3) is 0. The number of nitriles is 1. The molecule has 0 aromatic heterocycles. The van der Waals surface area contributed by atoms with Crippen LogP contribution in [-0.2, 0) is 0 Å². The van der Waals surface area contributed by atoms with Gasteiger partial charge in [-0.3, -0.25) is 10.1 Å². The van der Waals surface area contributed by atoms with Crippen LogP contribution in [-0.4, -0.2) is 4.92 Å². The molecule has 19 heavy (non-hydrogen) atoms. The summed E-state index contributed by atoms with van der Waals surface area (Å²) in [7, 11) is 0. The minimum Gasteiger partial charge on any atom is -0.456 e. The number of hydrogen-bond donors (Lipinski definition) is 0. The van der Waals surface area contributed by atoms with E-state index in [2.05, 4.69) is 0 Å². The second-order valence-corrected chi connectivity index (χ2v) is 3.58. The maximum absolute atomic E-state index is 13.4. The normalized spacial score (nSPS) is 9.68. The Balaban J connectivity index is 2.32. The van der Waals surface area contributed by atoms with Gasteiger partial charge in [-0.05, 0) is 18.2 Å². The van der Waals surface area contributed by atoms with Crippen LogP contribution in [0.25, 0.3) is 0 Å². The molecular formula is C13H7FN2O3. The van der Waals surface area contributed by atoms with Crippen LogP contribution >= 0.6 is 0 Å². The molecule has 0 aliphatic rings. The molecule has 94 valence electrons. The maximum Gasteiger partial charge on any atom is 0.305 e. The summed E-state index contributed by atoms with van der Waals surface area (Å²) in [6.07, 6.45) is 0. The molecule has 0 aliphatic carbocycles.